The molecule has 1 aliphatic rings. The number of aliphatic carboxylic acids is 1. The molecule has 0 radical (unpaired) electrons. The maximum Gasteiger partial charge on any atom is 0.312 e. The van der Waals surface area contributed by atoms with Crippen LogP contribution in [0.3, 0.4) is 0 Å². The lowest BCUT2D eigenvalue weighted by atomic mass is 9.67. The van der Waals surface area contributed by atoms with E-state index < -0.39 is 17.3 Å². The zero-order chi connectivity index (χ0) is 14.3. The number of carbonyl (C=O) groups is 2. The SMILES string of the molecule is CCCCCCOC(=O)C1(C)CCCCC1C(=O)O. The molecule has 2 atom stereocenters. The van der Waals surface area contributed by atoms with Crippen molar-refractivity contribution in [2.24, 2.45) is 11.3 Å². The summed E-state index contributed by atoms with van der Waals surface area (Å²) in [5.74, 6) is -1.79. The first-order valence-electron chi connectivity index (χ1n) is 7.42. The molecule has 19 heavy (non-hydrogen) atoms. The Bertz CT molecular complexity index is 313. The summed E-state index contributed by atoms with van der Waals surface area (Å²) in [5.41, 5.74) is -0.838. The van der Waals surface area contributed by atoms with Crippen LogP contribution in [0, 0.1) is 11.3 Å². The van der Waals surface area contributed by atoms with E-state index in [1.807, 2.05) is 0 Å². The van der Waals surface area contributed by atoms with Crippen LogP contribution in [0.2, 0.25) is 0 Å². The van der Waals surface area contributed by atoms with Crippen LogP contribution in [0.15, 0.2) is 0 Å². The molecule has 1 N–H and O–H groups in total. The Morgan fingerprint density at radius 2 is 2.00 bits per heavy atom. The van der Waals surface area contributed by atoms with Gasteiger partial charge in [0.25, 0.3) is 0 Å². The molecule has 1 rings (SSSR count). The van der Waals surface area contributed by atoms with E-state index in [0.29, 0.717) is 19.4 Å². The molecule has 0 aliphatic heterocycles. The van der Waals surface area contributed by atoms with Gasteiger partial charge in [0.1, 0.15) is 0 Å². The fourth-order valence-electron chi connectivity index (χ4n) is 2.83. The second-order valence-corrected chi connectivity index (χ2v) is 5.75. The van der Waals surface area contributed by atoms with Gasteiger partial charge in [-0.25, -0.2) is 0 Å². The van der Waals surface area contributed by atoms with E-state index in [1.165, 1.54) is 0 Å². The van der Waals surface area contributed by atoms with Gasteiger partial charge in [-0.2, -0.15) is 0 Å². The van der Waals surface area contributed by atoms with Crippen molar-refractivity contribution in [1.82, 2.24) is 0 Å². The van der Waals surface area contributed by atoms with Crippen molar-refractivity contribution in [2.45, 2.75) is 65.2 Å². The van der Waals surface area contributed by atoms with E-state index in [-0.39, 0.29) is 5.97 Å². The summed E-state index contributed by atoms with van der Waals surface area (Å²) >= 11 is 0. The maximum atomic E-state index is 12.2. The molecular weight excluding hydrogens is 244 g/mol. The van der Waals surface area contributed by atoms with Crippen LogP contribution in [0.1, 0.15) is 65.2 Å². The monoisotopic (exact) mass is 270 g/mol. The number of carboxylic acid groups (broad SMARTS) is 1. The Morgan fingerprint density at radius 3 is 2.63 bits per heavy atom. The number of carboxylic acids is 1. The van der Waals surface area contributed by atoms with Gasteiger partial charge in [-0.05, 0) is 26.2 Å². The molecule has 1 saturated carbocycles. The van der Waals surface area contributed by atoms with Crippen molar-refractivity contribution in [1.29, 1.82) is 0 Å². The summed E-state index contributed by atoms with van der Waals surface area (Å²) in [6.45, 7) is 4.30. The van der Waals surface area contributed by atoms with E-state index in [1.54, 1.807) is 6.92 Å². The number of hydrogen-bond acceptors (Lipinski definition) is 3. The van der Waals surface area contributed by atoms with Gasteiger partial charge >= 0.3 is 11.9 Å². The van der Waals surface area contributed by atoms with E-state index in [9.17, 15) is 14.7 Å². The summed E-state index contributed by atoms with van der Waals surface area (Å²) in [6, 6.07) is 0. The third-order valence-corrected chi connectivity index (χ3v) is 4.20. The van der Waals surface area contributed by atoms with Crippen LogP contribution in [-0.2, 0) is 14.3 Å². The number of rotatable bonds is 7. The first kappa shape index (κ1) is 16.0. The molecular formula is C15H26O4. The minimum Gasteiger partial charge on any atom is -0.481 e. The molecule has 110 valence electrons. The van der Waals surface area contributed by atoms with E-state index in [4.69, 9.17) is 4.74 Å². The number of esters is 1. The Morgan fingerprint density at radius 1 is 1.26 bits per heavy atom. The normalized spacial score (nSPS) is 26.9. The number of ether oxygens (including phenoxy) is 1. The van der Waals surface area contributed by atoms with Crippen molar-refractivity contribution >= 4 is 11.9 Å². The Hall–Kier alpha value is -1.06. The lowest BCUT2D eigenvalue weighted by Gasteiger charge is -2.36. The zero-order valence-corrected chi connectivity index (χ0v) is 12.1. The lowest BCUT2D eigenvalue weighted by Crippen LogP contribution is -2.43. The van der Waals surface area contributed by atoms with Crippen molar-refractivity contribution in [3.63, 3.8) is 0 Å². The summed E-state index contributed by atoms with van der Waals surface area (Å²) < 4.78 is 5.31. The third-order valence-electron chi connectivity index (χ3n) is 4.20. The van der Waals surface area contributed by atoms with Crippen LogP contribution < -0.4 is 0 Å². The summed E-state index contributed by atoms with van der Waals surface area (Å²) in [6.07, 6.45) is 7.21. The van der Waals surface area contributed by atoms with Crippen LogP contribution in [0.4, 0.5) is 0 Å². The Balaban J connectivity index is 2.49. The molecule has 1 fully saturated rings. The second kappa shape index (κ2) is 7.51. The third kappa shape index (κ3) is 4.22. The molecule has 0 amide bonds. The molecule has 0 bridgehead atoms. The highest BCUT2D eigenvalue weighted by Crippen LogP contribution is 2.42. The minimum atomic E-state index is -0.870. The smallest absolute Gasteiger partial charge is 0.312 e. The Labute approximate surface area is 115 Å². The molecule has 0 aromatic heterocycles. The molecule has 0 saturated heterocycles. The largest absolute Gasteiger partial charge is 0.481 e. The van der Waals surface area contributed by atoms with Crippen molar-refractivity contribution in [3.05, 3.63) is 0 Å². The van der Waals surface area contributed by atoms with Gasteiger partial charge in [-0.15, -0.1) is 0 Å². The van der Waals surface area contributed by atoms with Crippen LogP contribution in [0.25, 0.3) is 0 Å². The van der Waals surface area contributed by atoms with Crippen molar-refractivity contribution < 1.29 is 19.4 Å². The van der Waals surface area contributed by atoms with E-state index >= 15 is 0 Å². The van der Waals surface area contributed by atoms with Crippen LogP contribution >= 0.6 is 0 Å². The maximum absolute atomic E-state index is 12.2. The van der Waals surface area contributed by atoms with Gasteiger partial charge in [0, 0.05) is 0 Å². The molecule has 0 spiro atoms. The first-order chi connectivity index (χ1) is 9.02. The quantitative estimate of drug-likeness (QED) is 0.569. The summed E-state index contributed by atoms with van der Waals surface area (Å²) in [5, 5.41) is 9.26. The first-order valence-corrected chi connectivity index (χ1v) is 7.42. The standard InChI is InChI=1S/C15H26O4/c1-3-4-5-8-11-19-14(18)15(2)10-7-6-9-12(15)13(16)17/h12H,3-11H2,1-2H3,(H,16,17). The fraction of sp³-hybridized carbons (Fsp3) is 0.867. The highest BCUT2D eigenvalue weighted by Gasteiger charge is 2.47. The second-order valence-electron chi connectivity index (χ2n) is 5.75. The minimum absolute atomic E-state index is 0.323. The highest BCUT2D eigenvalue weighted by atomic mass is 16.5. The molecule has 4 nitrogen and oxygen atoms in total. The fourth-order valence-corrected chi connectivity index (χ4v) is 2.83. The average Bonchev–Trinajstić information content (AvgIpc) is 2.38. The Kier molecular flexibility index (Phi) is 6.32. The lowest BCUT2D eigenvalue weighted by molar-refractivity contribution is -0.169. The summed E-state index contributed by atoms with van der Waals surface area (Å²) in [7, 11) is 0. The number of hydrogen-bond donors (Lipinski definition) is 1. The predicted molar refractivity (Wildman–Crippen MR) is 72.8 cm³/mol. The van der Waals surface area contributed by atoms with Crippen molar-refractivity contribution in [2.75, 3.05) is 6.61 Å². The van der Waals surface area contributed by atoms with Gasteiger partial charge < -0.3 is 9.84 Å². The molecule has 1 aliphatic carbocycles. The van der Waals surface area contributed by atoms with Gasteiger partial charge in [-0.3, -0.25) is 9.59 Å². The molecule has 2 unspecified atom stereocenters. The zero-order valence-electron chi connectivity index (χ0n) is 12.1. The average molecular weight is 270 g/mol. The summed E-state index contributed by atoms with van der Waals surface area (Å²) in [4.78, 5) is 23.5. The van der Waals surface area contributed by atoms with Crippen molar-refractivity contribution in [3.8, 4) is 0 Å². The molecule has 4 heteroatoms. The number of unbranched alkanes of at least 4 members (excludes halogenated alkanes) is 3. The van der Waals surface area contributed by atoms with Gasteiger partial charge in [-0.1, -0.05) is 39.0 Å². The molecule has 0 heterocycles. The predicted octanol–water partition coefficient (Wildman–Crippen LogP) is 3.39. The van der Waals surface area contributed by atoms with Crippen LogP contribution in [-0.4, -0.2) is 23.7 Å². The number of carbonyl (C=O) groups excluding carboxylic acids is 1. The molecule has 0 aromatic carbocycles. The van der Waals surface area contributed by atoms with E-state index in [0.717, 1.165) is 38.5 Å². The van der Waals surface area contributed by atoms with Gasteiger partial charge in [0.2, 0.25) is 0 Å². The van der Waals surface area contributed by atoms with Crippen LogP contribution in [0.5, 0.6) is 0 Å². The van der Waals surface area contributed by atoms with Gasteiger partial charge in [0.05, 0.1) is 17.9 Å². The molecule has 0 aromatic rings. The highest BCUT2D eigenvalue weighted by molar-refractivity contribution is 5.84. The topological polar surface area (TPSA) is 63.6 Å². The van der Waals surface area contributed by atoms with Gasteiger partial charge in [0.15, 0.2) is 0 Å². The van der Waals surface area contributed by atoms with E-state index in [2.05, 4.69) is 6.92 Å².